The van der Waals surface area contributed by atoms with Crippen molar-refractivity contribution in [2.45, 2.75) is 5.75 Å². The molecule has 0 fully saturated rings. The van der Waals surface area contributed by atoms with Crippen molar-refractivity contribution < 1.29 is 19.1 Å². The van der Waals surface area contributed by atoms with Crippen LogP contribution in [0.15, 0.2) is 72.8 Å². The quantitative estimate of drug-likeness (QED) is 0.495. The molecule has 148 valence electrons. The minimum atomic E-state index is -0.352. The van der Waals surface area contributed by atoms with E-state index in [1.165, 1.54) is 42.1 Å². The van der Waals surface area contributed by atoms with Gasteiger partial charge in [0.25, 0.3) is 5.91 Å². The third-order valence-electron chi connectivity index (χ3n) is 4.00. The first-order valence-corrected chi connectivity index (χ1v) is 9.98. The molecule has 0 aromatic heterocycles. The van der Waals surface area contributed by atoms with Crippen molar-refractivity contribution in [2.75, 3.05) is 16.4 Å². The van der Waals surface area contributed by atoms with Crippen LogP contribution >= 0.6 is 11.8 Å². The van der Waals surface area contributed by atoms with Crippen LogP contribution in [-0.4, -0.2) is 22.7 Å². The Labute approximate surface area is 172 Å². The van der Waals surface area contributed by atoms with E-state index in [0.29, 0.717) is 22.7 Å². The van der Waals surface area contributed by atoms with Crippen molar-refractivity contribution in [3.63, 3.8) is 0 Å². The Kier molecular flexibility index (Phi) is 6.86. The molecule has 0 aliphatic heterocycles. The first kappa shape index (κ1) is 20.4. The van der Waals surface area contributed by atoms with Crippen LogP contribution in [0.2, 0.25) is 0 Å². The van der Waals surface area contributed by atoms with Crippen LogP contribution in [0.4, 0.5) is 15.8 Å². The fourth-order valence-corrected chi connectivity index (χ4v) is 3.31. The smallest absolute Gasteiger partial charge is 0.255 e. The van der Waals surface area contributed by atoms with Crippen LogP contribution in [0, 0.1) is 5.82 Å². The number of anilines is 2. The number of halogens is 1. The highest BCUT2D eigenvalue weighted by Gasteiger charge is 2.09. The largest absolute Gasteiger partial charge is 0.506 e. The second-order valence-corrected chi connectivity index (χ2v) is 7.20. The molecular weight excluding hydrogens is 391 g/mol. The summed E-state index contributed by atoms with van der Waals surface area (Å²) < 4.78 is 12.9. The molecular formula is C22H19FN2O3S. The van der Waals surface area contributed by atoms with E-state index in [-0.39, 0.29) is 29.1 Å². The van der Waals surface area contributed by atoms with Crippen LogP contribution in [0.3, 0.4) is 0 Å². The molecule has 0 aliphatic carbocycles. The lowest BCUT2D eigenvalue weighted by Crippen LogP contribution is -2.14. The molecule has 5 nitrogen and oxygen atoms in total. The second kappa shape index (κ2) is 9.75. The number of carbonyl (C=O) groups excluding carboxylic acids is 2. The highest BCUT2D eigenvalue weighted by molar-refractivity contribution is 7.99. The predicted molar refractivity (Wildman–Crippen MR) is 114 cm³/mol. The van der Waals surface area contributed by atoms with E-state index in [0.717, 1.165) is 5.56 Å². The Balaban J connectivity index is 1.46. The molecule has 0 unspecified atom stereocenters. The maximum absolute atomic E-state index is 12.9. The van der Waals surface area contributed by atoms with Crippen LogP contribution in [0.5, 0.6) is 5.75 Å². The number of nitrogens with one attached hydrogen (secondary N) is 2. The molecule has 0 bridgehead atoms. The average molecular weight is 410 g/mol. The summed E-state index contributed by atoms with van der Waals surface area (Å²) in [5.41, 5.74) is 2.35. The van der Waals surface area contributed by atoms with Crippen LogP contribution in [0.1, 0.15) is 15.9 Å². The standard InChI is InChI=1S/C22H19FN2O3S/c23-17-9-11-18(12-10-17)24-21(27)14-29-13-15-5-7-16(8-6-15)22(28)25-19-3-1-2-4-20(19)26/h1-12,26H,13-14H2,(H,24,27)(H,25,28). The Bertz CT molecular complexity index is 992. The van der Waals surface area contributed by atoms with Gasteiger partial charge in [0.15, 0.2) is 0 Å². The first-order valence-electron chi connectivity index (χ1n) is 8.83. The fraction of sp³-hybridized carbons (Fsp3) is 0.0909. The lowest BCUT2D eigenvalue weighted by atomic mass is 10.1. The van der Waals surface area contributed by atoms with Gasteiger partial charge in [0.05, 0.1) is 11.4 Å². The molecule has 7 heteroatoms. The SMILES string of the molecule is O=C(CSCc1ccc(C(=O)Nc2ccccc2O)cc1)Nc1ccc(F)cc1. The van der Waals surface area contributed by atoms with Gasteiger partial charge in [0.1, 0.15) is 11.6 Å². The number of rotatable bonds is 7. The minimum absolute atomic E-state index is 0.00721. The molecule has 3 N–H and O–H groups in total. The second-order valence-electron chi connectivity index (χ2n) is 6.22. The fourth-order valence-electron chi connectivity index (χ4n) is 2.52. The zero-order valence-corrected chi connectivity index (χ0v) is 16.2. The van der Waals surface area contributed by atoms with Gasteiger partial charge < -0.3 is 15.7 Å². The normalized spacial score (nSPS) is 10.4. The van der Waals surface area contributed by atoms with Crippen molar-refractivity contribution in [3.05, 3.63) is 89.7 Å². The zero-order chi connectivity index (χ0) is 20.6. The highest BCUT2D eigenvalue weighted by atomic mass is 32.2. The van der Waals surface area contributed by atoms with E-state index in [9.17, 15) is 19.1 Å². The molecule has 0 atom stereocenters. The van der Waals surface area contributed by atoms with Crippen LogP contribution in [-0.2, 0) is 10.5 Å². The number of carbonyl (C=O) groups is 2. The average Bonchev–Trinajstić information content (AvgIpc) is 2.72. The molecule has 0 saturated heterocycles. The van der Waals surface area contributed by atoms with E-state index >= 15 is 0 Å². The maximum Gasteiger partial charge on any atom is 0.255 e. The highest BCUT2D eigenvalue weighted by Crippen LogP contribution is 2.22. The lowest BCUT2D eigenvalue weighted by molar-refractivity contribution is -0.113. The summed E-state index contributed by atoms with van der Waals surface area (Å²) in [6.07, 6.45) is 0. The number of para-hydroxylation sites is 2. The summed E-state index contributed by atoms with van der Waals surface area (Å²) in [7, 11) is 0. The summed E-state index contributed by atoms with van der Waals surface area (Å²) >= 11 is 1.44. The molecule has 3 aromatic carbocycles. The third kappa shape index (κ3) is 6.08. The number of hydrogen-bond acceptors (Lipinski definition) is 4. The number of benzene rings is 3. The van der Waals surface area contributed by atoms with Crippen LogP contribution < -0.4 is 10.6 Å². The Morgan fingerprint density at radius 2 is 1.59 bits per heavy atom. The Hall–Kier alpha value is -3.32. The van der Waals surface area contributed by atoms with Gasteiger partial charge in [-0.05, 0) is 54.1 Å². The first-order chi connectivity index (χ1) is 14.0. The van der Waals surface area contributed by atoms with Crippen LogP contribution in [0.25, 0.3) is 0 Å². The van der Waals surface area contributed by atoms with Gasteiger partial charge in [-0.2, -0.15) is 0 Å². The molecule has 0 radical (unpaired) electrons. The van der Waals surface area contributed by atoms with Gasteiger partial charge >= 0.3 is 0 Å². The topological polar surface area (TPSA) is 78.4 Å². The molecule has 2 amide bonds. The molecule has 0 spiro atoms. The molecule has 0 aliphatic rings. The van der Waals surface area contributed by atoms with E-state index in [2.05, 4.69) is 10.6 Å². The number of aromatic hydroxyl groups is 1. The Morgan fingerprint density at radius 3 is 2.28 bits per heavy atom. The Morgan fingerprint density at radius 1 is 0.897 bits per heavy atom. The maximum atomic E-state index is 12.9. The van der Waals surface area contributed by atoms with Gasteiger partial charge in [0, 0.05) is 17.0 Å². The van der Waals surface area contributed by atoms with Crippen molar-refractivity contribution in [1.29, 1.82) is 0 Å². The molecule has 3 rings (SSSR count). The number of amides is 2. The zero-order valence-electron chi connectivity index (χ0n) is 15.4. The van der Waals surface area contributed by atoms with Gasteiger partial charge in [0.2, 0.25) is 5.91 Å². The summed E-state index contributed by atoms with van der Waals surface area (Å²) in [6.45, 7) is 0. The van der Waals surface area contributed by atoms with E-state index in [4.69, 9.17) is 0 Å². The van der Waals surface area contributed by atoms with Crippen molar-refractivity contribution >= 4 is 35.0 Å². The number of phenolic OH excluding ortho intramolecular Hbond substituents is 1. The van der Waals surface area contributed by atoms with Crippen molar-refractivity contribution in [1.82, 2.24) is 0 Å². The molecule has 3 aromatic rings. The van der Waals surface area contributed by atoms with Gasteiger partial charge in [-0.25, -0.2) is 4.39 Å². The van der Waals surface area contributed by atoms with Crippen molar-refractivity contribution in [2.24, 2.45) is 0 Å². The van der Waals surface area contributed by atoms with Gasteiger partial charge in [-0.1, -0.05) is 24.3 Å². The monoisotopic (exact) mass is 410 g/mol. The van der Waals surface area contributed by atoms with E-state index in [1.54, 1.807) is 30.3 Å². The van der Waals surface area contributed by atoms with E-state index in [1.807, 2.05) is 12.1 Å². The molecule has 0 heterocycles. The van der Waals surface area contributed by atoms with E-state index < -0.39 is 0 Å². The summed E-state index contributed by atoms with van der Waals surface area (Å²) in [5, 5.41) is 15.1. The molecule has 29 heavy (non-hydrogen) atoms. The van der Waals surface area contributed by atoms with Gasteiger partial charge in [-0.15, -0.1) is 11.8 Å². The number of phenols is 1. The summed E-state index contributed by atoms with van der Waals surface area (Å²) in [6, 6.07) is 19.2. The van der Waals surface area contributed by atoms with Gasteiger partial charge in [-0.3, -0.25) is 9.59 Å². The predicted octanol–water partition coefficient (Wildman–Crippen LogP) is 4.66. The summed E-state index contributed by atoms with van der Waals surface area (Å²) in [4.78, 5) is 24.2. The summed E-state index contributed by atoms with van der Waals surface area (Å²) in [5.74, 6) is 0.0398. The number of thioether (sulfide) groups is 1. The molecule has 0 saturated carbocycles. The third-order valence-corrected chi connectivity index (χ3v) is 5.00. The lowest BCUT2D eigenvalue weighted by Gasteiger charge is -2.08. The number of hydrogen-bond donors (Lipinski definition) is 3. The van der Waals surface area contributed by atoms with Crippen molar-refractivity contribution in [3.8, 4) is 5.75 Å². The minimum Gasteiger partial charge on any atom is -0.506 e.